The van der Waals surface area contributed by atoms with Gasteiger partial charge < -0.3 is 5.11 Å². The molecule has 0 heterocycles. The molecule has 0 aliphatic rings. The SMILES string of the molecule is CC(/C=C/CCC(O)S(C)(=O)=O)CCCc1ccccc1. The Balaban J connectivity index is 2.18. The van der Waals surface area contributed by atoms with Crippen molar-refractivity contribution in [3.8, 4) is 0 Å². The summed E-state index contributed by atoms with van der Waals surface area (Å²) in [6.45, 7) is 2.16. The molecule has 0 saturated carbocycles. The van der Waals surface area contributed by atoms with Crippen LogP contribution in [0.4, 0.5) is 0 Å². The molecule has 0 amide bonds. The monoisotopic (exact) mass is 310 g/mol. The van der Waals surface area contributed by atoms with Gasteiger partial charge in [0.1, 0.15) is 0 Å². The normalized spacial score (nSPS) is 15.2. The topological polar surface area (TPSA) is 54.4 Å². The van der Waals surface area contributed by atoms with Gasteiger partial charge in [-0.1, -0.05) is 49.4 Å². The molecule has 3 nitrogen and oxygen atoms in total. The number of sulfone groups is 1. The van der Waals surface area contributed by atoms with Crippen LogP contribution in [0.2, 0.25) is 0 Å². The standard InChI is InChI=1S/C17H26O3S/c1-15(9-6-7-14-17(18)21(2,19)20)10-8-13-16-11-4-3-5-12-16/h3-6,9,11-12,15,17-18H,7-8,10,13-14H2,1-2H3/b9-6+. The first-order valence-corrected chi connectivity index (χ1v) is 9.42. The molecule has 0 bridgehead atoms. The van der Waals surface area contributed by atoms with E-state index in [0.717, 1.165) is 25.5 Å². The van der Waals surface area contributed by atoms with E-state index in [4.69, 9.17) is 0 Å². The maximum Gasteiger partial charge on any atom is 0.173 e. The highest BCUT2D eigenvalue weighted by Gasteiger charge is 2.15. The minimum Gasteiger partial charge on any atom is -0.377 e. The Morgan fingerprint density at radius 2 is 1.86 bits per heavy atom. The fraction of sp³-hybridized carbons (Fsp3) is 0.529. The molecule has 2 unspecified atom stereocenters. The van der Waals surface area contributed by atoms with Gasteiger partial charge in [0, 0.05) is 6.26 Å². The van der Waals surface area contributed by atoms with Crippen molar-refractivity contribution in [3.63, 3.8) is 0 Å². The summed E-state index contributed by atoms with van der Waals surface area (Å²) < 4.78 is 22.1. The lowest BCUT2D eigenvalue weighted by Gasteiger charge is -2.07. The molecule has 2 atom stereocenters. The maximum atomic E-state index is 11.1. The molecule has 4 heteroatoms. The Labute approximate surface area is 128 Å². The van der Waals surface area contributed by atoms with Crippen LogP contribution in [0.25, 0.3) is 0 Å². The number of hydrogen-bond acceptors (Lipinski definition) is 3. The molecule has 21 heavy (non-hydrogen) atoms. The first kappa shape index (κ1) is 17.9. The molecule has 1 N–H and O–H groups in total. The smallest absolute Gasteiger partial charge is 0.173 e. The number of allylic oxidation sites excluding steroid dienone is 2. The minimum atomic E-state index is -3.33. The van der Waals surface area contributed by atoms with Gasteiger partial charge in [-0.05, 0) is 43.6 Å². The summed E-state index contributed by atoms with van der Waals surface area (Å²) in [5.74, 6) is 0.476. The predicted molar refractivity (Wildman–Crippen MR) is 87.8 cm³/mol. The van der Waals surface area contributed by atoms with Crippen molar-refractivity contribution in [1.29, 1.82) is 0 Å². The summed E-state index contributed by atoms with van der Waals surface area (Å²) in [6.07, 6.45) is 9.35. The van der Waals surface area contributed by atoms with Crippen LogP contribution in [-0.4, -0.2) is 25.2 Å². The Kier molecular flexibility index (Phi) is 7.68. The van der Waals surface area contributed by atoms with E-state index in [1.165, 1.54) is 5.56 Å². The third-order valence-electron chi connectivity index (χ3n) is 3.51. The van der Waals surface area contributed by atoms with E-state index in [-0.39, 0.29) is 6.42 Å². The van der Waals surface area contributed by atoms with Gasteiger partial charge in [0.25, 0.3) is 0 Å². The van der Waals surface area contributed by atoms with Crippen molar-refractivity contribution in [3.05, 3.63) is 48.0 Å². The van der Waals surface area contributed by atoms with E-state index in [1.807, 2.05) is 12.1 Å². The molecule has 1 rings (SSSR count). The van der Waals surface area contributed by atoms with Gasteiger partial charge >= 0.3 is 0 Å². The minimum absolute atomic E-state index is 0.270. The van der Waals surface area contributed by atoms with Crippen molar-refractivity contribution < 1.29 is 13.5 Å². The molecule has 0 aromatic heterocycles. The van der Waals surface area contributed by atoms with Crippen LogP contribution in [0, 0.1) is 5.92 Å². The molecule has 118 valence electrons. The van der Waals surface area contributed by atoms with Crippen molar-refractivity contribution in [2.75, 3.05) is 6.26 Å². The highest BCUT2D eigenvalue weighted by Crippen LogP contribution is 2.13. The molecule has 0 aliphatic carbocycles. The van der Waals surface area contributed by atoms with Gasteiger partial charge in [0.15, 0.2) is 15.3 Å². The number of rotatable bonds is 9. The number of hydrogen-bond donors (Lipinski definition) is 1. The largest absolute Gasteiger partial charge is 0.377 e. The second kappa shape index (κ2) is 9.00. The summed E-state index contributed by atoms with van der Waals surface area (Å²) >= 11 is 0. The van der Waals surface area contributed by atoms with Crippen LogP contribution in [0.3, 0.4) is 0 Å². The average Bonchev–Trinajstić information content (AvgIpc) is 2.43. The second-order valence-electron chi connectivity index (χ2n) is 5.64. The van der Waals surface area contributed by atoms with Crippen LogP contribution in [0.15, 0.2) is 42.5 Å². The number of benzene rings is 1. The Bertz CT molecular complexity index is 520. The van der Waals surface area contributed by atoms with Crippen LogP contribution in [0.1, 0.15) is 38.2 Å². The highest BCUT2D eigenvalue weighted by atomic mass is 32.2. The molecule has 0 spiro atoms. The van der Waals surface area contributed by atoms with Gasteiger partial charge in [-0.2, -0.15) is 0 Å². The summed E-state index contributed by atoms with van der Waals surface area (Å²) in [5.41, 5.74) is 0.125. The molecule has 0 aliphatic heterocycles. The van der Waals surface area contributed by atoms with E-state index in [0.29, 0.717) is 12.3 Å². The predicted octanol–water partition coefficient (Wildman–Crippen LogP) is 3.34. The lowest BCUT2D eigenvalue weighted by atomic mass is 10.0. The summed E-state index contributed by atoms with van der Waals surface area (Å²) in [4.78, 5) is 0. The van der Waals surface area contributed by atoms with Crippen molar-refractivity contribution >= 4 is 9.84 Å². The van der Waals surface area contributed by atoms with Gasteiger partial charge in [-0.25, -0.2) is 8.42 Å². The van der Waals surface area contributed by atoms with Gasteiger partial charge in [0.2, 0.25) is 0 Å². The van der Waals surface area contributed by atoms with Crippen LogP contribution in [0.5, 0.6) is 0 Å². The zero-order valence-corrected chi connectivity index (χ0v) is 13.7. The van der Waals surface area contributed by atoms with E-state index in [2.05, 4.69) is 37.3 Å². The molecule has 1 aromatic rings. The second-order valence-corrected chi connectivity index (χ2v) is 7.85. The lowest BCUT2D eigenvalue weighted by molar-refractivity contribution is 0.240. The van der Waals surface area contributed by atoms with E-state index in [1.54, 1.807) is 0 Å². The number of aliphatic hydroxyl groups excluding tert-OH is 1. The zero-order chi connectivity index (χ0) is 15.7. The Hall–Kier alpha value is -1.13. The van der Waals surface area contributed by atoms with Crippen molar-refractivity contribution in [1.82, 2.24) is 0 Å². The van der Waals surface area contributed by atoms with Crippen LogP contribution >= 0.6 is 0 Å². The van der Waals surface area contributed by atoms with Crippen molar-refractivity contribution in [2.24, 2.45) is 5.92 Å². The van der Waals surface area contributed by atoms with Crippen molar-refractivity contribution in [2.45, 2.75) is 44.5 Å². The quantitative estimate of drug-likeness (QED) is 0.712. The molecular formula is C17H26O3S. The number of aryl methyl sites for hydroxylation is 1. The molecular weight excluding hydrogens is 284 g/mol. The highest BCUT2D eigenvalue weighted by molar-refractivity contribution is 7.91. The molecule has 0 saturated heterocycles. The molecule has 1 aromatic carbocycles. The van der Waals surface area contributed by atoms with Gasteiger partial charge in [-0.15, -0.1) is 0 Å². The van der Waals surface area contributed by atoms with E-state index < -0.39 is 15.3 Å². The summed E-state index contributed by atoms with van der Waals surface area (Å²) in [6, 6.07) is 10.4. The van der Waals surface area contributed by atoms with Crippen LogP contribution < -0.4 is 0 Å². The fourth-order valence-electron chi connectivity index (χ4n) is 2.15. The van der Waals surface area contributed by atoms with Gasteiger partial charge in [0.05, 0.1) is 0 Å². The van der Waals surface area contributed by atoms with E-state index >= 15 is 0 Å². The third kappa shape index (κ3) is 8.02. The summed E-state index contributed by atoms with van der Waals surface area (Å²) in [5, 5.41) is 9.40. The molecule has 0 fully saturated rings. The van der Waals surface area contributed by atoms with Crippen LogP contribution in [-0.2, 0) is 16.3 Å². The first-order valence-electron chi connectivity index (χ1n) is 7.47. The molecule has 0 radical (unpaired) electrons. The van der Waals surface area contributed by atoms with Gasteiger partial charge in [-0.3, -0.25) is 0 Å². The van der Waals surface area contributed by atoms with E-state index in [9.17, 15) is 13.5 Å². The maximum absolute atomic E-state index is 11.1. The Morgan fingerprint density at radius 3 is 2.48 bits per heavy atom. The Morgan fingerprint density at radius 1 is 1.19 bits per heavy atom. The number of aliphatic hydroxyl groups is 1. The third-order valence-corrected chi connectivity index (χ3v) is 4.73. The fourth-order valence-corrected chi connectivity index (χ4v) is 2.71. The lowest BCUT2D eigenvalue weighted by Crippen LogP contribution is -2.18. The first-order chi connectivity index (χ1) is 9.89. The zero-order valence-electron chi connectivity index (χ0n) is 12.9. The average molecular weight is 310 g/mol. The summed E-state index contributed by atoms with van der Waals surface area (Å²) in [7, 11) is -3.33.